The van der Waals surface area contributed by atoms with Crippen molar-refractivity contribution in [3.63, 3.8) is 0 Å². The summed E-state index contributed by atoms with van der Waals surface area (Å²) in [7, 11) is 0. The second-order valence-electron chi connectivity index (χ2n) is 3.90. The zero-order valence-electron chi connectivity index (χ0n) is 10.0. The molecule has 0 aliphatic rings. The van der Waals surface area contributed by atoms with E-state index in [0.29, 0.717) is 6.04 Å². The van der Waals surface area contributed by atoms with Crippen LogP contribution in [0.1, 0.15) is 26.7 Å². The molecule has 3 heteroatoms. The van der Waals surface area contributed by atoms with Crippen LogP contribution in [0.3, 0.4) is 0 Å². The first kappa shape index (κ1) is 13.9. The number of nitrogens with one attached hydrogen (secondary N) is 1. The Balaban J connectivity index is 2.13. The van der Waals surface area contributed by atoms with E-state index in [1.54, 1.807) is 0 Å². The summed E-state index contributed by atoms with van der Waals surface area (Å²) in [5, 5.41) is 4.24. The van der Waals surface area contributed by atoms with E-state index in [2.05, 4.69) is 31.3 Å². The summed E-state index contributed by atoms with van der Waals surface area (Å²) < 4.78 is 0. The summed E-state index contributed by atoms with van der Waals surface area (Å²) in [5.74, 6) is 1.18. The van der Waals surface area contributed by atoms with Crippen molar-refractivity contribution in [3.8, 4) is 0 Å². The second kappa shape index (κ2) is 7.99. The van der Waals surface area contributed by atoms with Crippen molar-refractivity contribution in [1.82, 2.24) is 5.32 Å². The van der Waals surface area contributed by atoms with E-state index in [-0.39, 0.29) is 0 Å². The maximum Gasteiger partial charge on any atom is 0.0406 e. The largest absolute Gasteiger partial charge is 0.315 e. The molecular formula is C13H20ClNS. The fourth-order valence-electron chi connectivity index (χ4n) is 1.56. The quantitative estimate of drug-likeness (QED) is 0.580. The maximum atomic E-state index is 5.83. The van der Waals surface area contributed by atoms with E-state index in [9.17, 15) is 0 Å². The van der Waals surface area contributed by atoms with Crippen molar-refractivity contribution in [1.29, 1.82) is 0 Å². The normalized spacial score (nSPS) is 12.7. The molecule has 1 rings (SSSR count). The van der Waals surface area contributed by atoms with Crippen LogP contribution >= 0.6 is 23.4 Å². The zero-order chi connectivity index (χ0) is 11.8. The molecule has 0 spiro atoms. The summed E-state index contributed by atoms with van der Waals surface area (Å²) in [6, 6.07) is 8.70. The monoisotopic (exact) mass is 257 g/mol. The Morgan fingerprint density at radius 3 is 2.62 bits per heavy atom. The number of hydrogen-bond donors (Lipinski definition) is 1. The molecule has 0 saturated carbocycles. The topological polar surface area (TPSA) is 12.0 Å². The molecule has 0 heterocycles. The zero-order valence-corrected chi connectivity index (χ0v) is 11.6. The number of rotatable bonds is 7. The Labute approximate surface area is 108 Å². The van der Waals surface area contributed by atoms with Crippen LogP contribution in [0.5, 0.6) is 0 Å². The van der Waals surface area contributed by atoms with Crippen LogP contribution in [0, 0.1) is 0 Å². The van der Waals surface area contributed by atoms with Crippen molar-refractivity contribution in [2.75, 3.05) is 12.3 Å². The average molecular weight is 258 g/mol. The lowest BCUT2D eigenvalue weighted by molar-refractivity contribution is 0.526. The highest BCUT2D eigenvalue weighted by Gasteiger charge is 1.99. The van der Waals surface area contributed by atoms with Gasteiger partial charge >= 0.3 is 0 Å². The summed E-state index contributed by atoms with van der Waals surface area (Å²) in [5.41, 5.74) is 0. The van der Waals surface area contributed by atoms with Crippen LogP contribution in [0.25, 0.3) is 0 Å². The molecule has 90 valence electrons. The van der Waals surface area contributed by atoms with Crippen molar-refractivity contribution >= 4 is 23.4 Å². The molecule has 1 unspecified atom stereocenters. The van der Waals surface area contributed by atoms with Crippen LogP contribution in [0.2, 0.25) is 5.02 Å². The fraction of sp³-hybridized carbons (Fsp3) is 0.538. The Morgan fingerprint density at radius 2 is 2.00 bits per heavy atom. The van der Waals surface area contributed by atoms with Gasteiger partial charge in [0.05, 0.1) is 0 Å². The molecular weight excluding hydrogens is 238 g/mol. The third-order valence-corrected chi connectivity index (χ3v) is 3.77. The Hall–Kier alpha value is -0.180. The van der Waals surface area contributed by atoms with Gasteiger partial charge < -0.3 is 5.32 Å². The van der Waals surface area contributed by atoms with Gasteiger partial charge in [-0.15, -0.1) is 11.8 Å². The summed E-state index contributed by atoms with van der Waals surface area (Å²) in [6.07, 6.45) is 2.50. The third-order valence-electron chi connectivity index (χ3n) is 2.42. The average Bonchev–Trinajstić information content (AvgIpc) is 2.27. The first-order valence-corrected chi connectivity index (χ1v) is 7.20. The Bertz CT molecular complexity index is 286. The van der Waals surface area contributed by atoms with Crippen molar-refractivity contribution in [2.45, 2.75) is 37.6 Å². The second-order valence-corrected chi connectivity index (χ2v) is 5.51. The molecule has 1 aromatic rings. The van der Waals surface area contributed by atoms with Crippen LogP contribution in [0.4, 0.5) is 0 Å². The van der Waals surface area contributed by atoms with Crippen LogP contribution in [-0.2, 0) is 0 Å². The van der Waals surface area contributed by atoms with E-state index in [1.807, 2.05) is 23.9 Å². The first-order chi connectivity index (χ1) is 7.72. The van der Waals surface area contributed by atoms with E-state index < -0.39 is 0 Å². The van der Waals surface area contributed by atoms with Gasteiger partial charge in [-0.3, -0.25) is 0 Å². The van der Waals surface area contributed by atoms with Gasteiger partial charge in [0.2, 0.25) is 0 Å². The lowest BCUT2D eigenvalue weighted by Gasteiger charge is -2.11. The van der Waals surface area contributed by atoms with Gasteiger partial charge in [-0.25, -0.2) is 0 Å². The van der Waals surface area contributed by atoms with E-state index >= 15 is 0 Å². The van der Waals surface area contributed by atoms with Crippen molar-refractivity contribution in [2.24, 2.45) is 0 Å². The lowest BCUT2D eigenvalue weighted by atomic mass is 10.2. The highest BCUT2D eigenvalue weighted by Crippen LogP contribution is 2.21. The summed E-state index contributed by atoms with van der Waals surface area (Å²) in [4.78, 5) is 1.31. The van der Waals surface area contributed by atoms with Gasteiger partial charge in [-0.1, -0.05) is 18.5 Å². The predicted octanol–water partition coefficient (Wildman–Crippen LogP) is 4.21. The molecule has 0 saturated heterocycles. The molecule has 1 N–H and O–H groups in total. The highest BCUT2D eigenvalue weighted by atomic mass is 35.5. The molecule has 1 atom stereocenters. The van der Waals surface area contributed by atoms with E-state index in [1.165, 1.54) is 23.5 Å². The maximum absolute atomic E-state index is 5.83. The van der Waals surface area contributed by atoms with Gasteiger partial charge in [-0.2, -0.15) is 0 Å². The van der Waals surface area contributed by atoms with Gasteiger partial charge in [-0.05, 0) is 56.3 Å². The molecule has 0 amide bonds. The standard InChI is InChI=1S/C13H20ClNS/c1-3-15-11(2)5-4-10-16-13-8-6-12(14)7-9-13/h6-9,11,15H,3-5,10H2,1-2H3. The molecule has 0 aromatic heterocycles. The van der Waals surface area contributed by atoms with Gasteiger partial charge in [0.1, 0.15) is 0 Å². The lowest BCUT2D eigenvalue weighted by Crippen LogP contribution is -2.25. The highest BCUT2D eigenvalue weighted by molar-refractivity contribution is 7.99. The molecule has 0 fully saturated rings. The van der Waals surface area contributed by atoms with Gasteiger partial charge in [0.15, 0.2) is 0 Å². The van der Waals surface area contributed by atoms with Gasteiger partial charge in [0, 0.05) is 16.0 Å². The minimum atomic E-state index is 0.635. The number of benzene rings is 1. The van der Waals surface area contributed by atoms with Crippen molar-refractivity contribution in [3.05, 3.63) is 29.3 Å². The smallest absolute Gasteiger partial charge is 0.0406 e. The van der Waals surface area contributed by atoms with Crippen LogP contribution in [0.15, 0.2) is 29.2 Å². The number of halogens is 1. The predicted molar refractivity (Wildman–Crippen MR) is 74.5 cm³/mol. The minimum absolute atomic E-state index is 0.635. The molecule has 0 aliphatic heterocycles. The number of hydrogen-bond acceptors (Lipinski definition) is 2. The minimum Gasteiger partial charge on any atom is -0.315 e. The SMILES string of the molecule is CCNC(C)CCCSc1ccc(Cl)cc1. The molecule has 16 heavy (non-hydrogen) atoms. The molecule has 0 aliphatic carbocycles. The van der Waals surface area contributed by atoms with E-state index in [4.69, 9.17) is 11.6 Å². The third kappa shape index (κ3) is 5.78. The molecule has 1 aromatic carbocycles. The van der Waals surface area contributed by atoms with Crippen LogP contribution in [-0.4, -0.2) is 18.3 Å². The molecule has 1 nitrogen and oxygen atoms in total. The molecule has 0 bridgehead atoms. The van der Waals surface area contributed by atoms with Crippen LogP contribution < -0.4 is 5.32 Å². The van der Waals surface area contributed by atoms with Crippen molar-refractivity contribution < 1.29 is 0 Å². The first-order valence-electron chi connectivity index (χ1n) is 5.84. The van der Waals surface area contributed by atoms with Gasteiger partial charge in [0.25, 0.3) is 0 Å². The Morgan fingerprint density at radius 1 is 1.31 bits per heavy atom. The number of thioether (sulfide) groups is 1. The fourth-order valence-corrected chi connectivity index (χ4v) is 2.56. The summed E-state index contributed by atoms with van der Waals surface area (Å²) >= 11 is 7.73. The summed E-state index contributed by atoms with van der Waals surface area (Å²) in [6.45, 7) is 5.46. The molecule has 0 radical (unpaired) electrons. The Kier molecular flexibility index (Phi) is 6.93. The van der Waals surface area contributed by atoms with E-state index in [0.717, 1.165) is 11.6 Å².